The molecule has 0 atom stereocenters. The molecule has 13 heavy (non-hydrogen) atoms. The molecule has 2 aromatic rings. The van der Waals surface area contributed by atoms with E-state index >= 15 is 0 Å². The molecule has 0 unspecified atom stereocenters. The van der Waals surface area contributed by atoms with E-state index in [1.54, 1.807) is 13.4 Å². The molecule has 68 valence electrons. The molecule has 0 aliphatic heterocycles. The highest BCUT2D eigenvalue weighted by Crippen LogP contribution is 2.23. The summed E-state index contributed by atoms with van der Waals surface area (Å²) in [4.78, 5) is 0. The summed E-state index contributed by atoms with van der Waals surface area (Å²) in [6.45, 7) is 2.65. The van der Waals surface area contributed by atoms with Gasteiger partial charge in [-0.15, -0.1) is 0 Å². The van der Waals surface area contributed by atoms with Gasteiger partial charge in [0.15, 0.2) is 0 Å². The van der Waals surface area contributed by atoms with Gasteiger partial charge in [-0.2, -0.15) is 0 Å². The maximum Gasteiger partial charge on any atom is 0.139 e. The van der Waals surface area contributed by atoms with Crippen molar-refractivity contribution in [1.82, 2.24) is 0 Å². The van der Waals surface area contributed by atoms with Crippen LogP contribution in [-0.4, -0.2) is 7.11 Å². The smallest absolute Gasteiger partial charge is 0.139 e. The number of hydrogen-bond donors (Lipinski definition) is 0. The van der Waals surface area contributed by atoms with Crippen LogP contribution in [0.3, 0.4) is 0 Å². The van der Waals surface area contributed by atoms with Crippen LogP contribution in [0.5, 0.6) is 0 Å². The predicted octanol–water partition coefficient (Wildman–Crippen LogP) is 2.89. The van der Waals surface area contributed by atoms with Crippen LogP contribution < -0.4 is 0 Å². The summed E-state index contributed by atoms with van der Waals surface area (Å²) in [7, 11) is 1.69. The lowest BCUT2D eigenvalue weighted by molar-refractivity contribution is 0.185. The maximum absolute atomic E-state index is 5.45. The van der Waals surface area contributed by atoms with E-state index in [0.29, 0.717) is 6.61 Å². The molecule has 0 saturated carbocycles. The molecule has 1 aromatic carbocycles. The van der Waals surface area contributed by atoms with Gasteiger partial charge in [0.1, 0.15) is 5.58 Å². The third-order valence-electron chi connectivity index (χ3n) is 2.17. The lowest BCUT2D eigenvalue weighted by Crippen LogP contribution is -1.87. The number of ether oxygens (including phenoxy) is 1. The lowest BCUT2D eigenvalue weighted by atomic mass is 10.1. The second-order valence-electron chi connectivity index (χ2n) is 3.15. The fourth-order valence-corrected chi connectivity index (χ4v) is 1.51. The van der Waals surface area contributed by atoms with Gasteiger partial charge < -0.3 is 9.15 Å². The molecule has 0 fully saturated rings. The molecule has 2 nitrogen and oxygen atoms in total. The van der Waals surface area contributed by atoms with Crippen molar-refractivity contribution in [3.05, 3.63) is 35.6 Å². The molecule has 0 bridgehead atoms. The molecule has 2 heteroatoms. The quantitative estimate of drug-likeness (QED) is 0.702. The highest BCUT2D eigenvalue weighted by atomic mass is 16.5. The Morgan fingerprint density at radius 2 is 2.23 bits per heavy atom. The number of fused-ring (bicyclic) bond motifs is 1. The predicted molar refractivity (Wildman–Crippen MR) is 51.7 cm³/mol. The number of hydrogen-bond acceptors (Lipinski definition) is 2. The Balaban J connectivity index is 2.63. The van der Waals surface area contributed by atoms with Crippen LogP contribution in [0.4, 0.5) is 0 Å². The summed E-state index contributed by atoms with van der Waals surface area (Å²) in [5, 5.41) is 1.18. The standard InChI is InChI=1S/C11H12O2/c1-8-6-13-11-9(7-12-2)4-3-5-10(8)11/h3-6H,7H2,1-2H3. The van der Waals surface area contributed by atoms with Crippen LogP contribution >= 0.6 is 0 Å². The summed E-state index contributed by atoms with van der Waals surface area (Å²) in [5.41, 5.74) is 3.22. The van der Waals surface area contributed by atoms with Crippen LogP contribution in [-0.2, 0) is 11.3 Å². The Morgan fingerprint density at radius 1 is 1.38 bits per heavy atom. The van der Waals surface area contributed by atoms with E-state index in [0.717, 1.165) is 11.1 Å². The highest BCUT2D eigenvalue weighted by Gasteiger charge is 2.05. The molecule has 0 saturated heterocycles. The first-order valence-electron chi connectivity index (χ1n) is 4.27. The SMILES string of the molecule is COCc1cccc2c(C)coc12. The normalized spacial score (nSPS) is 10.9. The number of rotatable bonds is 2. The molecular formula is C11H12O2. The minimum Gasteiger partial charge on any atom is -0.464 e. The van der Waals surface area contributed by atoms with E-state index in [1.807, 2.05) is 19.1 Å². The van der Waals surface area contributed by atoms with Crippen molar-refractivity contribution in [1.29, 1.82) is 0 Å². The molecule has 0 radical (unpaired) electrons. The van der Waals surface area contributed by atoms with Gasteiger partial charge >= 0.3 is 0 Å². The van der Waals surface area contributed by atoms with Crippen LogP contribution in [0.1, 0.15) is 11.1 Å². The largest absolute Gasteiger partial charge is 0.464 e. The van der Waals surface area contributed by atoms with Crippen LogP contribution in [0.15, 0.2) is 28.9 Å². The molecule has 0 N–H and O–H groups in total. The van der Waals surface area contributed by atoms with E-state index < -0.39 is 0 Å². The molecule has 1 heterocycles. The lowest BCUT2D eigenvalue weighted by Gasteiger charge is -1.99. The van der Waals surface area contributed by atoms with Crippen molar-refractivity contribution in [2.24, 2.45) is 0 Å². The molecule has 0 aliphatic rings. The third-order valence-corrected chi connectivity index (χ3v) is 2.17. The number of methoxy groups -OCH3 is 1. The number of benzene rings is 1. The van der Waals surface area contributed by atoms with E-state index in [1.165, 1.54) is 10.9 Å². The molecule has 0 amide bonds. The minimum absolute atomic E-state index is 0.601. The van der Waals surface area contributed by atoms with Crippen LogP contribution in [0.2, 0.25) is 0 Å². The van der Waals surface area contributed by atoms with Crippen LogP contribution in [0, 0.1) is 6.92 Å². The fraction of sp³-hybridized carbons (Fsp3) is 0.273. The zero-order chi connectivity index (χ0) is 9.26. The van der Waals surface area contributed by atoms with Gasteiger partial charge in [0.05, 0.1) is 12.9 Å². The van der Waals surface area contributed by atoms with Gasteiger partial charge in [-0.3, -0.25) is 0 Å². The zero-order valence-electron chi connectivity index (χ0n) is 7.83. The first kappa shape index (κ1) is 8.32. The molecule has 0 spiro atoms. The van der Waals surface area contributed by atoms with Crippen LogP contribution in [0.25, 0.3) is 11.0 Å². The zero-order valence-corrected chi connectivity index (χ0v) is 7.83. The third kappa shape index (κ3) is 1.33. The second kappa shape index (κ2) is 3.23. The van der Waals surface area contributed by atoms with Crippen molar-refractivity contribution in [2.45, 2.75) is 13.5 Å². The second-order valence-corrected chi connectivity index (χ2v) is 3.15. The molecule has 0 aliphatic carbocycles. The maximum atomic E-state index is 5.45. The summed E-state index contributed by atoms with van der Waals surface area (Å²) in [6, 6.07) is 6.11. The Kier molecular flexibility index (Phi) is 2.07. The van der Waals surface area contributed by atoms with Gasteiger partial charge in [0.25, 0.3) is 0 Å². The van der Waals surface area contributed by atoms with Crippen molar-refractivity contribution >= 4 is 11.0 Å². The first-order chi connectivity index (χ1) is 6.33. The number of furan rings is 1. The Labute approximate surface area is 77.1 Å². The highest BCUT2D eigenvalue weighted by molar-refractivity contribution is 5.83. The number of para-hydroxylation sites is 1. The topological polar surface area (TPSA) is 22.4 Å². The van der Waals surface area contributed by atoms with Gasteiger partial charge in [-0.25, -0.2) is 0 Å². The first-order valence-corrected chi connectivity index (χ1v) is 4.27. The Hall–Kier alpha value is -1.28. The molecule has 2 rings (SSSR count). The summed E-state index contributed by atoms with van der Waals surface area (Å²) >= 11 is 0. The summed E-state index contributed by atoms with van der Waals surface area (Å²) in [5.74, 6) is 0. The average Bonchev–Trinajstić information content (AvgIpc) is 2.50. The molecule has 1 aromatic heterocycles. The fourth-order valence-electron chi connectivity index (χ4n) is 1.51. The minimum atomic E-state index is 0.601. The van der Waals surface area contributed by atoms with Crippen molar-refractivity contribution < 1.29 is 9.15 Å². The molecular weight excluding hydrogens is 164 g/mol. The van der Waals surface area contributed by atoms with Crippen molar-refractivity contribution in [3.63, 3.8) is 0 Å². The van der Waals surface area contributed by atoms with E-state index in [2.05, 4.69) is 6.07 Å². The van der Waals surface area contributed by atoms with Crippen molar-refractivity contribution in [3.8, 4) is 0 Å². The van der Waals surface area contributed by atoms with Gasteiger partial charge in [-0.05, 0) is 12.5 Å². The van der Waals surface area contributed by atoms with Gasteiger partial charge in [0.2, 0.25) is 0 Å². The van der Waals surface area contributed by atoms with Gasteiger partial charge in [-0.1, -0.05) is 18.2 Å². The van der Waals surface area contributed by atoms with E-state index in [4.69, 9.17) is 9.15 Å². The van der Waals surface area contributed by atoms with E-state index in [9.17, 15) is 0 Å². The van der Waals surface area contributed by atoms with Gasteiger partial charge in [0, 0.05) is 18.1 Å². The summed E-state index contributed by atoms with van der Waals surface area (Å²) in [6.07, 6.45) is 1.78. The summed E-state index contributed by atoms with van der Waals surface area (Å²) < 4.78 is 10.5. The van der Waals surface area contributed by atoms with Crippen molar-refractivity contribution in [2.75, 3.05) is 7.11 Å². The average molecular weight is 176 g/mol. The van der Waals surface area contributed by atoms with E-state index in [-0.39, 0.29) is 0 Å². The Bertz CT molecular complexity index is 415. The monoisotopic (exact) mass is 176 g/mol. The Morgan fingerprint density at radius 3 is 3.00 bits per heavy atom. The number of aryl methyl sites for hydroxylation is 1.